The van der Waals surface area contributed by atoms with Crippen LogP contribution in [0.5, 0.6) is 0 Å². The van der Waals surface area contributed by atoms with Crippen LogP contribution < -0.4 is 0 Å². The van der Waals surface area contributed by atoms with Gasteiger partial charge in [-0.05, 0) is 62.1 Å². The third-order valence-electron chi connectivity index (χ3n) is 7.10. The van der Waals surface area contributed by atoms with Crippen LogP contribution >= 0.6 is 0 Å². The number of rotatable bonds is 10. The predicted molar refractivity (Wildman–Crippen MR) is 148 cm³/mol. The van der Waals surface area contributed by atoms with Crippen LogP contribution in [0.1, 0.15) is 81.4 Å². The standard InChI is InChI=1S/C31H38N2O2/c1-4-5-6-7-8-9-10-11-12-13-23-30-29(34-27-16-14-22(3)19-25(27)33-30)20-26-31(23)35-28-17-15-21(2)18-24(28)32-26/h14-20,32-33H,4-13H2,1-3H3. The van der Waals surface area contributed by atoms with Gasteiger partial charge in [-0.15, -0.1) is 0 Å². The third-order valence-corrected chi connectivity index (χ3v) is 7.10. The number of H-pyrrole nitrogens is 2. The van der Waals surface area contributed by atoms with Crippen molar-refractivity contribution >= 4 is 44.4 Å². The molecule has 0 spiro atoms. The maximum absolute atomic E-state index is 6.52. The molecule has 2 aromatic heterocycles. The first-order chi connectivity index (χ1) is 17.1. The van der Waals surface area contributed by atoms with Crippen molar-refractivity contribution in [3.8, 4) is 0 Å². The Bertz CT molecular complexity index is 1490. The van der Waals surface area contributed by atoms with E-state index >= 15 is 0 Å². The molecule has 4 heteroatoms. The predicted octanol–water partition coefficient (Wildman–Crippen LogP) is 9.96. The van der Waals surface area contributed by atoms with Crippen LogP contribution in [0.15, 0.2) is 51.3 Å². The minimum atomic E-state index is 0.859. The van der Waals surface area contributed by atoms with Gasteiger partial charge in [0.25, 0.3) is 0 Å². The highest BCUT2D eigenvalue weighted by Gasteiger charge is 2.15. The Morgan fingerprint density at radius 2 is 1.20 bits per heavy atom. The summed E-state index contributed by atoms with van der Waals surface area (Å²) in [6.45, 7) is 6.49. The number of aromatic amines is 2. The van der Waals surface area contributed by atoms with Crippen LogP contribution in [0.25, 0.3) is 44.4 Å². The van der Waals surface area contributed by atoms with Gasteiger partial charge in [0.1, 0.15) is 0 Å². The molecule has 0 atom stereocenters. The van der Waals surface area contributed by atoms with Crippen molar-refractivity contribution in [1.82, 2.24) is 9.97 Å². The summed E-state index contributed by atoms with van der Waals surface area (Å²) >= 11 is 0. The molecule has 2 heterocycles. The van der Waals surface area contributed by atoms with Crippen LogP contribution in [0.2, 0.25) is 0 Å². The van der Waals surface area contributed by atoms with Gasteiger partial charge in [-0.25, -0.2) is 0 Å². The lowest BCUT2D eigenvalue weighted by atomic mass is 10.0. The molecule has 0 saturated carbocycles. The van der Waals surface area contributed by atoms with E-state index in [0.29, 0.717) is 0 Å². The molecular weight excluding hydrogens is 432 g/mol. The first-order valence-electron chi connectivity index (χ1n) is 13.4. The van der Waals surface area contributed by atoms with Gasteiger partial charge in [0.15, 0.2) is 22.3 Å². The Hall–Kier alpha value is -3.14. The van der Waals surface area contributed by atoms with Crippen molar-refractivity contribution in [1.29, 1.82) is 0 Å². The minimum Gasteiger partial charge on any atom is -0.453 e. The highest BCUT2D eigenvalue weighted by molar-refractivity contribution is 5.97. The number of aryl methyl sites for hydroxylation is 3. The monoisotopic (exact) mass is 470 g/mol. The molecule has 35 heavy (non-hydrogen) atoms. The number of aromatic nitrogens is 2. The quantitative estimate of drug-likeness (QED) is 0.158. The van der Waals surface area contributed by atoms with E-state index in [0.717, 1.165) is 57.2 Å². The molecule has 0 saturated heterocycles. The minimum absolute atomic E-state index is 0.859. The second-order valence-electron chi connectivity index (χ2n) is 10.1. The van der Waals surface area contributed by atoms with Gasteiger partial charge in [0.05, 0.1) is 22.1 Å². The summed E-state index contributed by atoms with van der Waals surface area (Å²) in [5, 5.41) is 0. The molecule has 2 N–H and O–H groups in total. The van der Waals surface area contributed by atoms with Gasteiger partial charge in [-0.1, -0.05) is 70.4 Å². The lowest BCUT2D eigenvalue weighted by Gasteiger charge is -2.13. The summed E-state index contributed by atoms with van der Waals surface area (Å²) in [5.41, 5.74) is 11.2. The van der Waals surface area contributed by atoms with Crippen LogP contribution in [0, 0.1) is 13.8 Å². The Morgan fingerprint density at radius 1 is 0.600 bits per heavy atom. The molecule has 0 unspecified atom stereocenters. The summed E-state index contributed by atoms with van der Waals surface area (Å²) in [6.07, 6.45) is 12.8. The number of fused-ring (bicyclic) bond motifs is 4. The number of unbranched alkanes of at least 4 members (excludes halogenated alkanes) is 8. The average molecular weight is 471 g/mol. The number of hydrogen-bond acceptors (Lipinski definition) is 2. The van der Waals surface area contributed by atoms with Gasteiger partial charge in [0, 0.05) is 11.6 Å². The zero-order valence-electron chi connectivity index (χ0n) is 21.4. The molecule has 3 aromatic carbocycles. The largest absolute Gasteiger partial charge is 0.453 e. The SMILES string of the molecule is CCCCCCCCCCCc1c2[nH]c3cc(C)ccc3oc2cc2[nH]c3cc(C)ccc3oc12. The van der Waals surface area contributed by atoms with Crippen molar-refractivity contribution in [2.24, 2.45) is 0 Å². The zero-order valence-corrected chi connectivity index (χ0v) is 21.4. The highest BCUT2D eigenvalue weighted by Crippen LogP contribution is 2.32. The fourth-order valence-corrected chi connectivity index (χ4v) is 5.14. The van der Waals surface area contributed by atoms with Crippen LogP contribution in [0.3, 0.4) is 0 Å². The van der Waals surface area contributed by atoms with Crippen LogP contribution in [-0.4, -0.2) is 9.97 Å². The van der Waals surface area contributed by atoms with E-state index in [1.54, 1.807) is 0 Å². The Kier molecular flexibility index (Phi) is 7.17. The van der Waals surface area contributed by atoms with Gasteiger partial charge in [0.2, 0.25) is 0 Å². The van der Waals surface area contributed by atoms with E-state index in [1.165, 1.54) is 68.1 Å². The number of hydrogen-bond donors (Lipinski definition) is 2. The molecule has 184 valence electrons. The maximum Gasteiger partial charge on any atom is 0.156 e. The van der Waals surface area contributed by atoms with Gasteiger partial charge >= 0.3 is 0 Å². The van der Waals surface area contributed by atoms with E-state index in [1.807, 2.05) is 6.07 Å². The Balaban J connectivity index is 1.49. The average Bonchev–Trinajstić information content (AvgIpc) is 2.85. The fraction of sp³-hybridized carbons (Fsp3) is 0.419. The molecule has 0 aliphatic heterocycles. The first kappa shape index (κ1) is 23.6. The van der Waals surface area contributed by atoms with Crippen molar-refractivity contribution in [2.75, 3.05) is 0 Å². The molecule has 0 bridgehead atoms. The zero-order chi connectivity index (χ0) is 24.2. The van der Waals surface area contributed by atoms with Crippen molar-refractivity contribution in [2.45, 2.75) is 85.0 Å². The van der Waals surface area contributed by atoms with Gasteiger partial charge < -0.3 is 18.8 Å². The van der Waals surface area contributed by atoms with E-state index in [2.05, 4.69) is 67.1 Å². The van der Waals surface area contributed by atoms with Crippen LogP contribution in [0.4, 0.5) is 0 Å². The normalized spacial score (nSPS) is 11.9. The topological polar surface area (TPSA) is 57.9 Å². The molecule has 4 nitrogen and oxygen atoms in total. The molecule has 0 radical (unpaired) electrons. The van der Waals surface area contributed by atoms with Gasteiger partial charge in [-0.3, -0.25) is 0 Å². The molecule has 0 fully saturated rings. The second-order valence-corrected chi connectivity index (χ2v) is 10.1. The summed E-state index contributed by atoms with van der Waals surface area (Å²) in [7, 11) is 0. The Morgan fingerprint density at radius 3 is 1.89 bits per heavy atom. The Labute approximate surface area is 207 Å². The number of nitrogens with one attached hydrogen (secondary N) is 2. The van der Waals surface area contributed by atoms with E-state index in [9.17, 15) is 0 Å². The van der Waals surface area contributed by atoms with Crippen LogP contribution in [-0.2, 0) is 6.42 Å². The lowest BCUT2D eigenvalue weighted by Crippen LogP contribution is -1.96. The lowest BCUT2D eigenvalue weighted by molar-refractivity contribution is 0.564. The smallest absolute Gasteiger partial charge is 0.156 e. The van der Waals surface area contributed by atoms with Crippen molar-refractivity contribution < 1.29 is 8.83 Å². The molecule has 5 rings (SSSR count). The molecule has 5 aromatic rings. The van der Waals surface area contributed by atoms with E-state index in [4.69, 9.17) is 8.83 Å². The summed E-state index contributed by atoms with van der Waals surface area (Å²) < 4.78 is 12.9. The third kappa shape index (κ3) is 5.27. The fourth-order valence-electron chi connectivity index (χ4n) is 5.14. The number of benzene rings is 3. The second kappa shape index (κ2) is 10.6. The molecular formula is C31H38N2O2. The first-order valence-corrected chi connectivity index (χ1v) is 13.4. The van der Waals surface area contributed by atoms with E-state index < -0.39 is 0 Å². The summed E-state index contributed by atoms with van der Waals surface area (Å²) in [5.74, 6) is 0. The van der Waals surface area contributed by atoms with Crippen molar-refractivity contribution in [3.05, 3.63) is 59.2 Å². The molecule has 0 amide bonds. The summed E-state index contributed by atoms with van der Waals surface area (Å²) in [4.78, 5) is 7.29. The summed E-state index contributed by atoms with van der Waals surface area (Å²) in [6, 6.07) is 14.7. The van der Waals surface area contributed by atoms with Gasteiger partial charge in [-0.2, -0.15) is 0 Å². The van der Waals surface area contributed by atoms with Crippen molar-refractivity contribution in [3.63, 3.8) is 0 Å². The van der Waals surface area contributed by atoms with E-state index in [-0.39, 0.29) is 0 Å². The molecule has 0 aliphatic rings. The highest BCUT2D eigenvalue weighted by atomic mass is 16.3. The maximum atomic E-state index is 6.52. The molecule has 0 aliphatic carbocycles.